The summed E-state index contributed by atoms with van der Waals surface area (Å²) in [5.74, 6) is 0. The topological polar surface area (TPSA) is 77.8 Å². The van der Waals surface area contributed by atoms with Crippen molar-refractivity contribution in [3.8, 4) is 0 Å². The lowest BCUT2D eigenvalue weighted by molar-refractivity contribution is 0.275. The summed E-state index contributed by atoms with van der Waals surface area (Å²) >= 11 is 0. The molecule has 2 rings (SSSR count). The Morgan fingerprint density at radius 1 is 0.722 bits per heavy atom. The van der Waals surface area contributed by atoms with Crippen LogP contribution in [0.1, 0.15) is 0 Å². The van der Waals surface area contributed by atoms with Crippen LogP contribution in [0.15, 0.2) is 60.7 Å². The predicted molar refractivity (Wildman–Crippen MR) is 75.0 cm³/mol. The van der Waals surface area contributed by atoms with E-state index in [9.17, 15) is 0 Å². The van der Waals surface area contributed by atoms with E-state index in [1.165, 1.54) is 10.4 Å². The second kappa shape index (κ2) is 7.26. The third-order valence-corrected chi connectivity index (χ3v) is 3.85. The second-order valence-electron chi connectivity index (χ2n) is 3.66. The van der Waals surface area contributed by atoms with E-state index in [4.69, 9.17) is 19.2 Å². The first kappa shape index (κ1) is 14.8. The van der Waals surface area contributed by atoms with Gasteiger partial charge in [-0.3, -0.25) is 0 Å². The fourth-order valence-corrected chi connectivity index (χ4v) is 2.91. The van der Waals surface area contributed by atoms with Gasteiger partial charge in [0.1, 0.15) is 0 Å². The Morgan fingerprint density at radius 3 is 1.28 bits per heavy atom. The molecule has 0 saturated heterocycles. The molecule has 2 aromatic rings. The van der Waals surface area contributed by atoms with Crippen molar-refractivity contribution >= 4 is 27.7 Å². The summed E-state index contributed by atoms with van der Waals surface area (Å²) in [6, 6.07) is 21.5. The molecule has 18 heavy (non-hydrogen) atoms. The highest BCUT2D eigenvalue weighted by atomic mass is 31.2. The summed E-state index contributed by atoms with van der Waals surface area (Å²) in [5.41, 5.74) is 0. The van der Waals surface area contributed by atoms with Gasteiger partial charge in [-0.2, -0.15) is 0 Å². The fraction of sp³-hybridized carbons (Fsp3) is 0. The molecule has 4 nitrogen and oxygen atoms in total. The van der Waals surface area contributed by atoms with E-state index in [1.54, 1.807) is 0 Å². The van der Waals surface area contributed by atoms with Gasteiger partial charge in [0.05, 0.1) is 9.52 Å². The molecule has 0 saturated carbocycles. The van der Waals surface area contributed by atoms with Crippen molar-refractivity contribution in [3.05, 3.63) is 60.7 Å². The first-order valence-electron chi connectivity index (χ1n) is 5.31. The quantitative estimate of drug-likeness (QED) is 0.530. The molecule has 0 aliphatic rings. The molecule has 0 heterocycles. The summed E-state index contributed by atoms with van der Waals surface area (Å²) in [6.45, 7) is 0. The standard InChI is InChI=1S/C12H12Si.H3O4P/c1-3-7-11(8-4-1)13-12-9-5-2-6-10-12;1-5(2,3)4/h1-10H,13H2;(H3,1,2,3,4). The highest BCUT2D eigenvalue weighted by molar-refractivity contribution is 7.45. The average molecular weight is 282 g/mol. The van der Waals surface area contributed by atoms with Crippen LogP contribution in [0.25, 0.3) is 0 Å². The molecular weight excluding hydrogens is 267 g/mol. The summed E-state index contributed by atoms with van der Waals surface area (Å²) in [6.07, 6.45) is 0. The van der Waals surface area contributed by atoms with Crippen LogP contribution < -0.4 is 10.4 Å². The summed E-state index contributed by atoms with van der Waals surface area (Å²) < 4.78 is 8.88. The van der Waals surface area contributed by atoms with Gasteiger partial charge in [-0.1, -0.05) is 71.0 Å². The third kappa shape index (κ3) is 7.95. The molecule has 6 heteroatoms. The Morgan fingerprint density at radius 2 is 1.00 bits per heavy atom. The van der Waals surface area contributed by atoms with E-state index in [0.717, 1.165) is 0 Å². The van der Waals surface area contributed by atoms with Gasteiger partial charge < -0.3 is 14.7 Å². The maximum Gasteiger partial charge on any atom is 0.466 e. The van der Waals surface area contributed by atoms with E-state index in [2.05, 4.69) is 60.7 Å². The van der Waals surface area contributed by atoms with E-state index in [0.29, 0.717) is 0 Å². The molecule has 0 fully saturated rings. The molecule has 0 radical (unpaired) electrons. The van der Waals surface area contributed by atoms with Gasteiger partial charge in [-0.15, -0.1) is 0 Å². The van der Waals surface area contributed by atoms with Crippen molar-refractivity contribution in [3.63, 3.8) is 0 Å². The van der Waals surface area contributed by atoms with Gasteiger partial charge >= 0.3 is 7.82 Å². The van der Waals surface area contributed by atoms with Crippen molar-refractivity contribution < 1.29 is 19.2 Å². The summed E-state index contributed by atoms with van der Waals surface area (Å²) in [5, 5.41) is 3.02. The molecule has 0 aliphatic heterocycles. The lowest BCUT2D eigenvalue weighted by atomic mass is 10.4. The maximum atomic E-state index is 8.88. The molecule has 96 valence electrons. The molecule has 0 aliphatic carbocycles. The number of hydrogen-bond acceptors (Lipinski definition) is 1. The minimum Gasteiger partial charge on any atom is -0.303 e. The van der Waals surface area contributed by atoms with E-state index in [-0.39, 0.29) is 9.52 Å². The van der Waals surface area contributed by atoms with Gasteiger partial charge in [0, 0.05) is 0 Å². The normalized spacial score (nSPS) is 10.4. The van der Waals surface area contributed by atoms with Crippen LogP contribution in [0.2, 0.25) is 0 Å². The second-order valence-corrected chi connectivity index (χ2v) is 6.67. The van der Waals surface area contributed by atoms with Gasteiger partial charge in [0.25, 0.3) is 0 Å². The lowest BCUT2D eigenvalue weighted by Gasteiger charge is -1.99. The minimum absolute atomic E-state index is 0.234. The smallest absolute Gasteiger partial charge is 0.303 e. The summed E-state index contributed by atoms with van der Waals surface area (Å²) in [7, 11) is -4.87. The Balaban J connectivity index is 0.000000280. The molecule has 3 N–H and O–H groups in total. The molecule has 0 atom stereocenters. The largest absolute Gasteiger partial charge is 0.466 e. The molecule has 0 spiro atoms. The average Bonchev–Trinajstić information content (AvgIpc) is 2.29. The van der Waals surface area contributed by atoms with Crippen molar-refractivity contribution in [1.29, 1.82) is 0 Å². The van der Waals surface area contributed by atoms with Crippen molar-refractivity contribution in [2.24, 2.45) is 0 Å². The highest BCUT2D eigenvalue weighted by Gasteiger charge is 2.00. The molecule has 0 aromatic heterocycles. The molecule has 0 bridgehead atoms. The number of phosphoric acid groups is 1. The van der Waals surface area contributed by atoms with Crippen LogP contribution in [0.4, 0.5) is 0 Å². The van der Waals surface area contributed by atoms with Crippen LogP contribution in [-0.2, 0) is 4.57 Å². The van der Waals surface area contributed by atoms with Gasteiger partial charge in [-0.25, -0.2) is 4.57 Å². The molecule has 2 aromatic carbocycles. The highest BCUT2D eigenvalue weighted by Crippen LogP contribution is 2.25. The van der Waals surface area contributed by atoms with Crippen LogP contribution in [0.3, 0.4) is 0 Å². The van der Waals surface area contributed by atoms with Gasteiger partial charge in [0.15, 0.2) is 0 Å². The van der Waals surface area contributed by atoms with Crippen LogP contribution >= 0.6 is 7.82 Å². The van der Waals surface area contributed by atoms with Crippen molar-refractivity contribution in [2.45, 2.75) is 0 Å². The van der Waals surface area contributed by atoms with E-state index < -0.39 is 7.82 Å². The molecule has 0 amide bonds. The van der Waals surface area contributed by atoms with Crippen LogP contribution in [-0.4, -0.2) is 24.2 Å². The van der Waals surface area contributed by atoms with Crippen LogP contribution in [0.5, 0.6) is 0 Å². The van der Waals surface area contributed by atoms with E-state index >= 15 is 0 Å². The van der Waals surface area contributed by atoms with Crippen LogP contribution in [0, 0.1) is 0 Å². The minimum atomic E-state index is -4.64. The van der Waals surface area contributed by atoms with Gasteiger partial charge in [-0.05, 0) is 0 Å². The number of hydrogen-bond donors (Lipinski definition) is 3. The van der Waals surface area contributed by atoms with E-state index in [1.807, 2.05) is 0 Å². The number of benzene rings is 2. The first-order chi connectivity index (χ1) is 8.45. The van der Waals surface area contributed by atoms with Crippen molar-refractivity contribution in [1.82, 2.24) is 0 Å². The molecular formula is C12H15O4PSi. The Labute approximate surface area is 108 Å². The van der Waals surface area contributed by atoms with Gasteiger partial charge in [0.2, 0.25) is 0 Å². The summed E-state index contributed by atoms with van der Waals surface area (Å²) in [4.78, 5) is 21.6. The number of rotatable bonds is 2. The lowest BCUT2D eigenvalue weighted by Crippen LogP contribution is -2.26. The Hall–Kier alpha value is -1.23. The maximum absolute atomic E-state index is 8.88. The SMILES string of the molecule is O=P(O)(O)O.c1ccc([SiH2]c2ccccc2)cc1. The monoisotopic (exact) mass is 282 g/mol. The Bertz CT molecular complexity index is 452. The van der Waals surface area contributed by atoms with Crippen molar-refractivity contribution in [2.75, 3.05) is 0 Å². The zero-order chi connectivity index (χ0) is 13.4. The zero-order valence-corrected chi connectivity index (χ0v) is 12.0. The first-order valence-corrected chi connectivity index (χ1v) is 8.29. The zero-order valence-electron chi connectivity index (χ0n) is 9.68. The predicted octanol–water partition coefficient (Wildman–Crippen LogP) is -0.122. The third-order valence-electron chi connectivity index (χ3n) is 2.09. The fourth-order valence-electron chi connectivity index (χ4n) is 1.43. The Kier molecular flexibility index (Phi) is 5.98. The molecule has 0 unspecified atom stereocenters.